The zero-order chi connectivity index (χ0) is 13.0. The molecule has 1 aromatic carbocycles. The number of aromatic nitrogens is 4. The highest BCUT2D eigenvalue weighted by molar-refractivity contribution is 5.93. The normalized spacial score (nSPS) is 10.1. The highest BCUT2D eigenvalue weighted by Crippen LogP contribution is 2.22. The molecule has 2 rings (SSSR count). The summed E-state index contributed by atoms with van der Waals surface area (Å²) in [7, 11) is 3.24. The molecule has 1 amide bonds. The molecule has 2 aromatic rings. The molecule has 0 aliphatic carbocycles. The van der Waals surface area contributed by atoms with Crippen molar-refractivity contribution < 1.29 is 9.53 Å². The number of hydrogen-bond acceptors (Lipinski definition) is 5. The number of nitrogens with one attached hydrogen (secondary N) is 1. The Kier molecular flexibility index (Phi) is 3.52. The molecule has 0 fully saturated rings. The molecular formula is C11H13N5O2. The van der Waals surface area contributed by atoms with Gasteiger partial charge in [0.2, 0.25) is 5.91 Å². The summed E-state index contributed by atoms with van der Waals surface area (Å²) < 4.78 is 6.61. The summed E-state index contributed by atoms with van der Waals surface area (Å²) in [4.78, 5) is 11.8. The molecule has 0 saturated carbocycles. The Morgan fingerprint density at radius 3 is 2.89 bits per heavy atom. The molecule has 0 bridgehead atoms. The molecule has 1 N–H and O–H groups in total. The lowest BCUT2D eigenvalue weighted by Gasteiger charge is -2.09. The summed E-state index contributed by atoms with van der Waals surface area (Å²) in [5.74, 6) is 0.918. The molecule has 0 atom stereocenters. The van der Waals surface area contributed by atoms with E-state index in [9.17, 15) is 4.79 Å². The molecule has 18 heavy (non-hydrogen) atoms. The van der Waals surface area contributed by atoms with Crippen molar-refractivity contribution in [2.45, 2.75) is 6.42 Å². The average molecular weight is 247 g/mol. The molecule has 0 aliphatic heterocycles. The van der Waals surface area contributed by atoms with Gasteiger partial charge in [-0.25, -0.2) is 4.68 Å². The van der Waals surface area contributed by atoms with Crippen molar-refractivity contribution in [3.05, 3.63) is 30.1 Å². The second kappa shape index (κ2) is 5.26. The molecule has 7 nitrogen and oxygen atoms in total. The number of methoxy groups -OCH3 is 1. The van der Waals surface area contributed by atoms with Crippen LogP contribution in [0.25, 0.3) is 0 Å². The lowest BCUT2D eigenvalue weighted by molar-refractivity contribution is -0.115. The van der Waals surface area contributed by atoms with Gasteiger partial charge in [-0.05, 0) is 22.6 Å². The fourth-order valence-corrected chi connectivity index (χ4v) is 1.48. The Morgan fingerprint density at radius 1 is 1.44 bits per heavy atom. The maximum absolute atomic E-state index is 11.8. The summed E-state index contributed by atoms with van der Waals surface area (Å²) in [5.41, 5.74) is 0.625. The number of amides is 1. The van der Waals surface area contributed by atoms with Crippen LogP contribution in [0.4, 0.5) is 5.69 Å². The first-order chi connectivity index (χ1) is 8.70. The molecular weight excluding hydrogens is 234 g/mol. The van der Waals surface area contributed by atoms with Gasteiger partial charge < -0.3 is 10.1 Å². The van der Waals surface area contributed by atoms with Crippen molar-refractivity contribution >= 4 is 11.6 Å². The third-order valence-electron chi connectivity index (χ3n) is 2.41. The van der Waals surface area contributed by atoms with E-state index in [-0.39, 0.29) is 12.3 Å². The number of benzene rings is 1. The smallest absolute Gasteiger partial charge is 0.232 e. The maximum Gasteiger partial charge on any atom is 0.232 e. The van der Waals surface area contributed by atoms with Crippen LogP contribution >= 0.6 is 0 Å². The number of carbonyl (C=O) groups excluding carboxylic acids is 1. The minimum Gasteiger partial charge on any atom is -0.495 e. The van der Waals surface area contributed by atoms with Crippen LogP contribution in [0, 0.1) is 0 Å². The molecule has 1 aromatic heterocycles. The number of para-hydroxylation sites is 2. The minimum absolute atomic E-state index is 0.113. The van der Waals surface area contributed by atoms with Gasteiger partial charge in [0.05, 0.1) is 19.2 Å². The summed E-state index contributed by atoms with van der Waals surface area (Å²) in [6, 6.07) is 7.20. The zero-order valence-electron chi connectivity index (χ0n) is 10.1. The number of carbonyl (C=O) groups is 1. The predicted octanol–water partition coefficient (Wildman–Crippen LogP) is 0.400. The summed E-state index contributed by atoms with van der Waals surface area (Å²) in [6.45, 7) is 0. The number of nitrogens with zero attached hydrogens (tertiary/aromatic N) is 4. The van der Waals surface area contributed by atoms with Gasteiger partial charge in [0, 0.05) is 7.05 Å². The van der Waals surface area contributed by atoms with Crippen molar-refractivity contribution in [2.75, 3.05) is 12.4 Å². The van der Waals surface area contributed by atoms with Crippen LogP contribution in [0.5, 0.6) is 5.75 Å². The number of hydrogen-bond donors (Lipinski definition) is 1. The fourth-order valence-electron chi connectivity index (χ4n) is 1.48. The van der Waals surface area contributed by atoms with Gasteiger partial charge in [-0.2, -0.15) is 0 Å². The Labute approximate surface area is 104 Å². The number of rotatable bonds is 4. The quantitative estimate of drug-likeness (QED) is 0.845. The van der Waals surface area contributed by atoms with E-state index in [1.165, 1.54) is 4.68 Å². The van der Waals surface area contributed by atoms with E-state index in [4.69, 9.17) is 4.74 Å². The van der Waals surface area contributed by atoms with Crippen LogP contribution in [0.15, 0.2) is 24.3 Å². The van der Waals surface area contributed by atoms with Crippen molar-refractivity contribution in [3.63, 3.8) is 0 Å². The number of tetrazole rings is 1. The molecule has 0 saturated heterocycles. The first-order valence-corrected chi connectivity index (χ1v) is 5.35. The van der Waals surface area contributed by atoms with E-state index in [1.54, 1.807) is 26.3 Å². The lowest BCUT2D eigenvalue weighted by atomic mass is 10.2. The van der Waals surface area contributed by atoms with Gasteiger partial charge in [0.25, 0.3) is 0 Å². The van der Waals surface area contributed by atoms with E-state index in [2.05, 4.69) is 20.8 Å². The molecule has 1 heterocycles. The Balaban J connectivity index is 2.05. The van der Waals surface area contributed by atoms with Gasteiger partial charge in [0.1, 0.15) is 5.75 Å². The fraction of sp³-hybridized carbons (Fsp3) is 0.273. The van der Waals surface area contributed by atoms with Gasteiger partial charge >= 0.3 is 0 Å². The number of anilines is 1. The van der Waals surface area contributed by atoms with Crippen LogP contribution in [0.1, 0.15) is 5.82 Å². The van der Waals surface area contributed by atoms with E-state index < -0.39 is 0 Å². The summed E-state index contributed by atoms with van der Waals surface area (Å²) in [5, 5.41) is 13.6. The van der Waals surface area contributed by atoms with Gasteiger partial charge in [-0.3, -0.25) is 4.79 Å². The summed E-state index contributed by atoms with van der Waals surface area (Å²) in [6.07, 6.45) is 0.113. The molecule has 0 aliphatic rings. The largest absolute Gasteiger partial charge is 0.495 e. The number of aryl methyl sites for hydroxylation is 1. The molecule has 0 spiro atoms. The summed E-state index contributed by atoms with van der Waals surface area (Å²) >= 11 is 0. The van der Waals surface area contributed by atoms with E-state index in [0.717, 1.165) is 0 Å². The van der Waals surface area contributed by atoms with Crippen molar-refractivity contribution in [2.24, 2.45) is 7.05 Å². The Hall–Kier alpha value is -2.44. The second-order valence-electron chi connectivity index (χ2n) is 3.64. The first-order valence-electron chi connectivity index (χ1n) is 5.35. The van der Waals surface area contributed by atoms with Gasteiger partial charge in [0.15, 0.2) is 5.82 Å². The van der Waals surface area contributed by atoms with Crippen LogP contribution < -0.4 is 10.1 Å². The average Bonchev–Trinajstić information content (AvgIpc) is 2.75. The highest BCUT2D eigenvalue weighted by Gasteiger charge is 2.11. The zero-order valence-corrected chi connectivity index (χ0v) is 10.1. The lowest BCUT2D eigenvalue weighted by Crippen LogP contribution is -2.17. The second-order valence-corrected chi connectivity index (χ2v) is 3.64. The minimum atomic E-state index is -0.197. The SMILES string of the molecule is COc1ccccc1NC(=O)Cc1nnnn1C. The van der Waals surface area contributed by atoms with Crippen LogP contribution in [0.2, 0.25) is 0 Å². The third-order valence-corrected chi connectivity index (χ3v) is 2.41. The number of ether oxygens (including phenoxy) is 1. The van der Waals surface area contributed by atoms with Crippen molar-refractivity contribution in [3.8, 4) is 5.75 Å². The van der Waals surface area contributed by atoms with Gasteiger partial charge in [-0.1, -0.05) is 12.1 Å². The molecule has 7 heteroatoms. The Morgan fingerprint density at radius 2 is 2.22 bits per heavy atom. The van der Waals surface area contributed by atoms with Crippen molar-refractivity contribution in [1.82, 2.24) is 20.2 Å². The molecule has 94 valence electrons. The van der Waals surface area contributed by atoms with Gasteiger partial charge in [-0.15, -0.1) is 5.10 Å². The maximum atomic E-state index is 11.8. The Bertz CT molecular complexity index is 552. The molecule has 0 unspecified atom stereocenters. The molecule has 0 radical (unpaired) electrons. The van der Waals surface area contributed by atoms with Crippen molar-refractivity contribution in [1.29, 1.82) is 0 Å². The monoisotopic (exact) mass is 247 g/mol. The van der Waals surface area contributed by atoms with Crippen LogP contribution in [-0.2, 0) is 18.3 Å². The third kappa shape index (κ3) is 2.62. The highest BCUT2D eigenvalue weighted by atomic mass is 16.5. The first kappa shape index (κ1) is 12.0. The topological polar surface area (TPSA) is 81.9 Å². The van der Waals surface area contributed by atoms with Crippen LogP contribution in [-0.4, -0.2) is 33.2 Å². The standard InChI is InChI=1S/C11H13N5O2/c1-16-10(13-14-15-16)7-11(17)12-8-5-3-4-6-9(8)18-2/h3-6H,7H2,1-2H3,(H,12,17). The van der Waals surface area contributed by atoms with Crippen LogP contribution in [0.3, 0.4) is 0 Å². The predicted molar refractivity (Wildman–Crippen MR) is 64.1 cm³/mol. The van der Waals surface area contributed by atoms with E-state index in [0.29, 0.717) is 17.3 Å². The van der Waals surface area contributed by atoms with E-state index >= 15 is 0 Å². The van der Waals surface area contributed by atoms with E-state index in [1.807, 2.05) is 12.1 Å².